The lowest BCUT2D eigenvalue weighted by Crippen LogP contribution is -2.21. The monoisotopic (exact) mass is 570 g/mol. The topological polar surface area (TPSA) is 90.2 Å². The van der Waals surface area contributed by atoms with E-state index in [9.17, 15) is 27.9 Å². The number of ether oxygens (including phenoxy) is 3. The van der Waals surface area contributed by atoms with E-state index >= 15 is 0 Å². The van der Waals surface area contributed by atoms with Crippen LogP contribution < -0.4 is 14.4 Å². The average molecular weight is 571 g/mol. The van der Waals surface area contributed by atoms with Crippen molar-refractivity contribution in [2.75, 3.05) is 24.6 Å². The van der Waals surface area contributed by atoms with Crippen molar-refractivity contribution in [2.24, 2.45) is 0 Å². The Morgan fingerprint density at radius 3 is 2.05 bits per heavy atom. The van der Waals surface area contributed by atoms with E-state index in [1.807, 2.05) is 24.3 Å². The molecule has 3 aromatic carbocycles. The van der Waals surface area contributed by atoms with Gasteiger partial charge in [0.05, 0.1) is 24.1 Å². The van der Waals surface area contributed by atoms with E-state index in [1.54, 1.807) is 23.6 Å². The molecule has 0 radical (unpaired) electrons. The first-order chi connectivity index (χ1) is 19.5. The summed E-state index contributed by atoms with van der Waals surface area (Å²) < 4.78 is 54.0. The van der Waals surface area contributed by atoms with E-state index in [-0.39, 0.29) is 35.8 Å². The molecule has 0 aliphatic heterocycles. The van der Waals surface area contributed by atoms with Gasteiger partial charge < -0.3 is 28.8 Å². The Morgan fingerprint density at radius 2 is 1.49 bits per heavy atom. The molecule has 1 N–H and O–H groups in total. The molecule has 8 nitrogen and oxygen atoms in total. The largest absolute Gasteiger partial charge is 0.573 e. The number of hydrogen-bond donors (Lipinski definition) is 1. The lowest BCUT2D eigenvalue weighted by atomic mass is 10.1. The third-order valence-corrected chi connectivity index (χ3v) is 6.40. The number of rotatable bonds is 11. The van der Waals surface area contributed by atoms with Gasteiger partial charge in [-0.2, -0.15) is 0 Å². The van der Waals surface area contributed by atoms with Crippen LogP contribution >= 0.6 is 0 Å². The van der Waals surface area contributed by atoms with Crippen molar-refractivity contribution in [3.05, 3.63) is 78.0 Å². The van der Waals surface area contributed by atoms with Crippen LogP contribution in [0.15, 0.2) is 66.7 Å². The van der Waals surface area contributed by atoms with Crippen LogP contribution in [0.4, 0.5) is 18.9 Å². The Kier molecular flexibility index (Phi) is 8.75. The molecule has 1 aromatic heterocycles. The van der Waals surface area contributed by atoms with Crippen molar-refractivity contribution in [3.8, 4) is 22.9 Å². The maximum atomic E-state index is 12.6. The van der Waals surface area contributed by atoms with Crippen molar-refractivity contribution in [3.63, 3.8) is 0 Å². The molecule has 0 bridgehead atoms. The number of carbonyl (C=O) groups is 2. The molecule has 41 heavy (non-hydrogen) atoms. The minimum atomic E-state index is -4.82. The van der Waals surface area contributed by atoms with Crippen LogP contribution in [0.3, 0.4) is 0 Å². The molecule has 216 valence electrons. The number of nitrogens with zero attached hydrogens (tertiary/aromatic N) is 2. The number of aromatic nitrogens is 1. The first-order valence-electron chi connectivity index (χ1n) is 13.0. The van der Waals surface area contributed by atoms with E-state index in [2.05, 4.69) is 23.5 Å². The van der Waals surface area contributed by atoms with Gasteiger partial charge in [-0.1, -0.05) is 0 Å². The molecule has 0 unspecified atom stereocenters. The number of hydrogen-bond acceptors (Lipinski definition) is 6. The lowest BCUT2D eigenvalue weighted by Gasteiger charge is -2.21. The fraction of sp³-hybridized carbons (Fsp3) is 0.267. The zero-order valence-corrected chi connectivity index (χ0v) is 22.7. The van der Waals surface area contributed by atoms with Gasteiger partial charge in [0, 0.05) is 35.5 Å². The standard InChI is InChI=1S/C30H29F3N2O6/c1-4-34(5-2)19-7-9-20(10-8-19)35-25-16-15-23(40-21-11-13-22(14-12-21)41-30(31,32)33)17-24(25)28(29(37)38)26(35)18-27(36)39-6-3/h7-17H,4-6,18H2,1-3H3,(H,37,38). The second kappa shape index (κ2) is 12.2. The molecule has 4 rings (SSSR count). The van der Waals surface area contributed by atoms with Crippen LogP contribution in [0, 0.1) is 0 Å². The van der Waals surface area contributed by atoms with E-state index in [0.717, 1.165) is 30.9 Å². The number of fused-ring (bicyclic) bond motifs is 1. The third-order valence-electron chi connectivity index (χ3n) is 6.40. The number of halogens is 3. The molecule has 4 aromatic rings. The Labute approximate surface area is 234 Å². The molecule has 0 aliphatic carbocycles. The van der Waals surface area contributed by atoms with Gasteiger partial charge in [0.15, 0.2) is 0 Å². The van der Waals surface area contributed by atoms with Crippen LogP contribution in [0.2, 0.25) is 0 Å². The summed E-state index contributed by atoms with van der Waals surface area (Å²) in [7, 11) is 0. The number of carboxylic acid groups (broad SMARTS) is 1. The van der Waals surface area contributed by atoms with Crippen molar-refractivity contribution in [2.45, 2.75) is 33.6 Å². The molecule has 1 heterocycles. The molecule has 11 heteroatoms. The number of esters is 1. The predicted molar refractivity (Wildman–Crippen MR) is 147 cm³/mol. The third kappa shape index (κ3) is 6.74. The molecule has 0 aliphatic rings. The summed E-state index contributed by atoms with van der Waals surface area (Å²) >= 11 is 0. The minimum Gasteiger partial charge on any atom is -0.478 e. The van der Waals surface area contributed by atoms with Gasteiger partial charge in [-0.05, 0) is 87.5 Å². The summed E-state index contributed by atoms with van der Waals surface area (Å²) in [4.78, 5) is 27.3. The number of aromatic carboxylic acids is 1. The highest BCUT2D eigenvalue weighted by Crippen LogP contribution is 2.35. The molecule has 0 fully saturated rings. The fourth-order valence-corrected chi connectivity index (χ4v) is 4.68. The SMILES string of the molecule is CCOC(=O)Cc1c(C(=O)O)c2cc(Oc3ccc(OC(F)(F)F)cc3)ccc2n1-c1ccc(N(CC)CC)cc1. The molecular formula is C30H29F3N2O6. The maximum Gasteiger partial charge on any atom is 0.573 e. The van der Waals surface area contributed by atoms with Gasteiger partial charge in [0.1, 0.15) is 17.2 Å². The molecule has 0 saturated carbocycles. The number of alkyl halides is 3. The van der Waals surface area contributed by atoms with Gasteiger partial charge in [0.25, 0.3) is 0 Å². The van der Waals surface area contributed by atoms with Crippen molar-refractivity contribution < 1.29 is 42.1 Å². The first-order valence-corrected chi connectivity index (χ1v) is 13.0. The zero-order chi connectivity index (χ0) is 29.7. The van der Waals surface area contributed by atoms with Gasteiger partial charge in [-0.3, -0.25) is 4.79 Å². The van der Waals surface area contributed by atoms with Gasteiger partial charge >= 0.3 is 18.3 Å². The summed E-state index contributed by atoms with van der Waals surface area (Å²) in [5.41, 5.74) is 2.35. The lowest BCUT2D eigenvalue weighted by molar-refractivity contribution is -0.274. The Hall–Kier alpha value is -4.67. The molecule has 0 saturated heterocycles. The minimum absolute atomic E-state index is 0.0831. The van der Waals surface area contributed by atoms with E-state index in [4.69, 9.17) is 9.47 Å². The average Bonchev–Trinajstić information content (AvgIpc) is 3.23. The number of anilines is 1. The van der Waals surface area contributed by atoms with Gasteiger partial charge in [-0.15, -0.1) is 13.2 Å². The maximum absolute atomic E-state index is 12.6. The first kappa shape index (κ1) is 29.3. The zero-order valence-electron chi connectivity index (χ0n) is 22.7. The van der Waals surface area contributed by atoms with E-state index < -0.39 is 24.1 Å². The summed E-state index contributed by atoms with van der Waals surface area (Å²) in [5, 5.41) is 10.6. The molecule has 0 atom stereocenters. The second-order valence-electron chi connectivity index (χ2n) is 8.93. The fourth-order valence-electron chi connectivity index (χ4n) is 4.68. The molecule has 0 spiro atoms. The van der Waals surface area contributed by atoms with Crippen LogP contribution in [0.1, 0.15) is 36.8 Å². The van der Waals surface area contributed by atoms with E-state index in [0.29, 0.717) is 16.6 Å². The molecular weight excluding hydrogens is 541 g/mol. The van der Waals surface area contributed by atoms with Crippen LogP contribution in [0.5, 0.6) is 17.2 Å². The Morgan fingerprint density at radius 1 is 0.878 bits per heavy atom. The van der Waals surface area contributed by atoms with Crippen molar-refractivity contribution in [1.29, 1.82) is 0 Å². The summed E-state index contributed by atoms with van der Waals surface area (Å²) in [6, 6.07) is 17.2. The number of benzene rings is 3. The highest BCUT2D eigenvalue weighted by molar-refractivity contribution is 6.07. The summed E-state index contributed by atoms with van der Waals surface area (Å²) in [6.07, 6.45) is -5.10. The highest BCUT2D eigenvalue weighted by atomic mass is 19.4. The van der Waals surface area contributed by atoms with Crippen molar-refractivity contribution >= 4 is 28.5 Å². The predicted octanol–water partition coefficient (Wildman–Crippen LogP) is 6.97. The number of carbonyl (C=O) groups excluding carboxylic acids is 1. The second-order valence-corrected chi connectivity index (χ2v) is 8.93. The van der Waals surface area contributed by atoms with Crippen LogP contribution in [0.25, 0.3) is 16.6 Å². The summed E-state index contributed by atoms with van der Waals surface area (Å²) in [6.45, 7) is 7.56. The van der Waals surface area contributed by atoms with Crippen molar-refractivity contribution in [1.82, 2.24) is 4.57 Å². The highest BCUT2D eigenvalue weighted by Gasteiger charge is 2.31. The van der Waals surface area contributed by atoms with Crippen LogP contribution in [-0.2, 0) is 16.0 Å². The Balaban J connectivity index is 1.79. The smallest absolute Gasteiger partial charge is 0.478 e. The van der Waals surface area contributed by atoms with Gasteiger partial charge in [-0.25, -0.2) is 4.79 Å². The van der Waals surface area contributed by atoms with E-state index in [1.165, 1.54) is 18.2 Å². The normalized spacial score (nSPS) is 11.4. The quantitative estimate of drug-likeness (QED) is 0.195. The Bertz CT molecular complexity index is 1530. The van der Waals surface area contributed by atoms with Gasteiger partial charge in [0.2, 0.25) is 0 Å². The number of carboxylic acids is 1. The molecule has 0 amide bonds. The summed E-state index contributed by atoms with van der Waals surface area (Å²) in [5.74, 6) is -1.74. The van der Waals surface area contributed by atoms with Crippen LogP contribution in [-0.4, -0.2) is 47.7 Å².